The molecule has 0 aliphatic carbocycles. The zero-order valence-corrected chi connectivity index (χ0v) is 17.8. The molecule has 1 atom stereocenters. The lowest BCUT2D eigenvalue weighted by atomic mass is 10.0. The summed E-state index contributed by atoms with van der Waals surface area (Å²) < 4.78 is 2.06. The second-order valence-electron chi connectivity index (χ2n) is 8.35. The minimum atomic E-state index is -0.467. The molecule has 0 saturated heterocycles. The number of carbonyl (C=O) groups excluding carboxylic acids is 2. The van der Waals surface area contributed by atoms with Crippen molar-refractivity contribution in [3.8, 4) is 0 Å². The van der Waals surface area contributed by atoms with E-state index in [1.807, 2.05) is 55.6 Å². The molecule has 0 fully saturated rings. The fourth-order valence-corrected chi connectivity index (χ4v) is 4.19. The lowest BCUT2D eigenvalue weighted by Crippen LogP contribution is -2.48. The largest absolute Gasteiger partial charge is 0.354 e. The Labute approximate surface area is 176 Å². The topological polar surface area (TPSA) is 67.2 Å². The predicted octanol–water partition coefficient (Wildman–Crippen LogP) is 3.30. The Morgan fingerprint density at radius 3 is 2.60 bits per heavy atom. The molecule has 3 aromatic rings. The van der Waals surface area contributed by atoms with E-state index in [1.54, 1.807) is 4.90 Å². The number of amides is 2. The molecular weight excluding hydrogens is 376 g/mol. The molecule has 0 saturated carbocycles. The third-order valence-corrected chi connectivity index (χ3v) is 5.75. The van der Waals surface area contributed by atoms with E-state index >= 15 is 0 Å². The first-order valence-corrected chi connectivity index (χ1v) is 10.5. The number of aryl methyl sites for hydroxylation is 1. The quantitative estimate of drug-likeness (QED) is 0.657. The summed E-state index contributed by atoms with van der Waals surface area (Å²) >= 11 is 0. The summed E-state index contributed by atoms with van der Waals surface area (Å²) in [6, 6.07) is 15.1. The van der Waals surface area contributed by atoms with Crippen molar-refractivity contribution in [2.45, 2.75) is 39.3 Å². The maximum Gasteiger partial charge on any atom is 0.255 e. The van der Waals surface area contributed by atoms with Gasteiger partial charge in [-0.25, -0.2) is 4.98 Å². The summed E-state index contributed by atoms with van der Waals surface area (Å²) in [6.45, 7) is 5.13. The van der Waals surface area contributed by atoms with Crippen LogP contribution in [0.2, 0.25) is 0 Å². The van der Waals surface area contributed by atoms with Gasteiger partial charge in [0.15, 0.2) is 0 Å². The first-order chi connectivity index (χ1) is 14.5. The summed E-state index contributed by atoms with van der Waals surface area (Å²) in [5, 5.41) is 3.05. The molecule has 1 aliphatic heterocycles. The first-order valence-electron chi connectivity index (χ1n) is 10.5. The summed E-state index contributed by atoms with van der Waals surface area (Å²) in [5.41, 5.74) is 3.74. The summed E-state index contributed by atoms with van der Waals surface area (Å²) in [6.07, 6.45) is 1.28. The molecule has 1 aromatic heterocycles. The third kappa shape index (κ3) is 3.82. The molecule has 2 aromatic carbocycles. The molecule has 1 N–H and O–H groups in total. The zero-order valence-electron chi connectivity index (χ0n) is 17.8. The van der Waals surface area contributed by atoms with Crippen LogP contribution >= 0.6 is 0 Å². The van der Waals surface area contributed by atoms with E-state index in [9.17, 15) is 9.59 Å². The van der Waals surface area contributed by atoms with E-state index in [-0.39, 0.29) is 11.8 Å². The smallest absolute Gasteiger partial charge is 0.255 e. The molecule has 156 valence electrons. The molecule has 6 heteroatoms. The van der Waals surface area contributed by atoms with Crippen LogP contribution in [0.25, 0.3) is 11.0 Å². The Hall–Kier alpha value is -3.15. The number of para-hydroxylation sites is 2. The number of aromatic nitrogens is 2. The van der Waals surface area contributed by atoms with E-state index in [0.717, 1.165) is 22.4 Å². The van der Waals surface area contributed by atoms with Gasteiger partial charge in [0, 0.05) is 32.1 Å². The van der Waals surface area contributed by atoms with Crippen LogP contribution in [0.1, 0.15) is 42.0 Å². The second-order valence-corrected chi connectivity index (χ2v) is 8.35. The molecule has 4 rings (SSSR count). The van der Waals surface area contributed by atoms with Crippen LogP contribution in [0.4, 0.5) is 0 Å². The van der Waals surface area contributed by atoms with Crippen molar-refractivity contribution in [2.75, 3.05) is 6.54 Å². The van der Waals surface area contributed by atoms with Crippen LogP contribution in [0, 0.1) is 5.92 Å². The molecule has 0 spiro atoms. The number of rotatable bonds is 7. The highest BCUT2D eigenvalue weighted by molar-refractivity contribution is 6.01. The molecule has 0 bridgehead atoms. The van der Waals surface area contributed by atoms with Gasteiger partial charge in [0.05, 0.1) is 11.0 Å². The fourth-order valence-electron chi connectivity index (χ4n) is 4.19. The number of fused-ring (bicyclic) bond motifs is 2. The van der Waals surface area contributed by atoms with E-state index < -0.39 is 6.04 Å². The summed E-state index contributed by atoms with van der Waals surface area (Å²) in [4.78, 5) is 32.4. The second kappa shape index (κ2) is 8.30. The molecule has 0 radical (unpaired) electrons. The normalized spacial score (nSPS) is 14.4. The Bertz CT molecular complexity index is 1090. The SMILES string of the molecule is CC(C)C[C@H](C(=O)NCCc1nc2ccccc2n1C)N1Cc2ccccc2C1=O. The van der Waals surface area contributed by atoms with Crippen molar-refractivity contribution in [3.63, 3.8) is 0 Å². The number of imidazole rings is 1. The van der Waals surface area contributed by atoms with Gasteiger partial charge in [-0.1, -0.05) is 44.2 Å². The average Bonchev–Trinajstić information content (AvgIpc) is 3.23. The van der Waals surface area contributed by atoms with E-state index in [2.05, 4.69) is 28.7 Å². The maximum absolute atomic E-state index is 13.1. The monoisotopic (exact) mass is 404 g/mol. The summed E-state index contributed by atoms with van der Waals surface area (Å²) in [7, 11) is 1.99. The van der Waals surface area contributed by atoms with Gasteiger partial charge < -0.3 is 14.8 Å². The first kappa shape index (κ1) is 20.1. The lowest BCUT2D eigenvalue weighted by molar-refractivity contribution is -0.126. The highest BCUT2D eigenvalue weighted by Gasteiger charge is 2.36. The van der Waals surface area contributed by atoms with Crippen molar-refractivity contribution in [3.05, 3.63) is 65.5 Å². The van der Waals surface area contributed by atoms with Gasteiger partial charge in [0.25, 0.3) is 5.91 Å². The van der Waals surface area contributed by atoms with Crippen molar-refractivity contribution >= 4 is 22.8 Å². The van der Waals surface area contributed by atoms with E-state index in [1.165, 1.54) is 0 Å². The highest BCUT2D eigenvalue weighted by Crippen LogP contribution is 2.26. The number of hydrogen-bond donors (Lipinski definition) is 1. The van der Waals surface area contributed by atoms with Gasteiger partial charge >= 0.3 is 0 Å². The Morgan fingerprint density at radius 1 is 1.13 bits per heavy atom. The Kier molecular flexibility index (Phi) is 5.57. The number of hydrogen-bond acceptors (Lipinski definition) is 3. The molecule has 2 amide bonds. The van der Waals surface area contributed by atoms with Crippen molar-refractivity contribution in [2.24, 2.45) is 13.0 Å². The van der Waals surface area contributed by atoms with Crippen molar-refractivity contribution in [1.82, 2.24) is 19.8 Å². The zero-order chi connectivity index (χ0) is 21.3. The average molecular weight is 405 g/mol. The number of benzene rings is 2. The van der Waals surface area contributed by atoms with Gasteiger partial charge in [-0.2, -0.15) is 0 Å². The fraction of sp³-hybridized carbons (Fsp3) is 0.375. The number of nitrogens with one attached hydrogen (secondary N) is 1. The van der Waals surface area contributed by atoms with Gasteiger partial charge in [-0.3, -0.25) is 9.59 Å². The standard InChI is InChI=1S/C24H28N4O2/c1-16(2)14-21(28-15-17-8-4-5-9-18(17)24(28)30)23(29)25-13-12-22-26-19-10-6-7-11-20(19)27(22)3/h4-11,16,21H,12-15H2,1-3H3,(H,25,29)/t21-/m1/s1. The summed E-state index contributed by atoms with van der Waals surface area (Å²) in [5.74, 6) is 1.09. The minimum Gasteiger partial charge on any atom is -0.354 e. The van der Waals surface area contributed by atoms with E-state index in [4.69, 9.17) is 0 Å². The van der Waals surface area contributed by atoms with Crippen LogP contribution in [0.15, 0.2) is 48.5 Å². The molecule has 30 heavy (non-hydrogen) atoms. The van der Waals surface area contributed by atoms with Crippen LogP contribution in [-0.2, 0) is 24.8 Å². The van der Waals surface area contributed by atoms with Gasteiger partial charge in [0.1, 0.15) is 11.9 Å². The molecular formula is C24H28N4O2. The Morgan fingerprint density at radius 2 is 1.87 bits per heavy atom. The predicted molar refractivity (Wildman–Crippen MR) is 117 cm³/mol. The number of carbonyl (C=O) groups is 2. The minimum absolute atomic E-state index is 0.0539. The van der Waals surface area contributed by atoms with Crippen LogP contribution in [-0.4, -0.2) is 38.9 Å². The van der Waals surface area contributed by atoms with E-state index in [0.29, 0.717) is 37.4 Å². The van der Waals surface area contributed by atoms with Crippen LogP contribution in [0.3, 0.4) is 0 Å². The van der Waals surface area contributed by atoms with Gasteiger partial charge in [-0.15, -0.1) is 0 Å². The lowest BCUT2D eigenvalue weighted by Gasteiger charge is -2.28. The van der Waals surface area contributed by atoms with Crippen molar-refractivity contribution in [1.29, 1.82) is 0 Å². The van der Waals surface area contributed by atoms with Gasteiger partial charge in [0.2, 0.25) is 5.91 Å². The third-order valence-electron chi connectivity index (χ3n) is 5.75. The highest BCUT2D eigenvalue weighted by atomic mass is 16.2. The molecule has 2 heterocycles. The molecule has 1 aliphatic rings. The Balaban J connectivity index is 1.44. The van der Waals surface area contributed by atoms with Crippen molar-refractivity contribution < 1.29 is 9.59 Å². The number of nitrogens with zero attached hydrogens (tertiary/aromatic N) is 3. The molecule has 0 unspecified atom stereocenters. The van der Waals surface area contributed by atoms with Crippen LogP contribution in [0.5, 0.6) is 0 Å². The van der Waals surface area contributed by atoms with Crippen LogP contribution < -0.4 is 5.32 Å². The van der Waals surface area contributed by atoms with Gasteiger partial charge in [-0.05, 0) is 36.1 Å². The molecule has 6 nitrogen and oxygen atoms in total. The maximum atomic E-state index is 13.1.